The van der Waals surface area contributed by atoms with Gasteiger partial charge in [-0.2, -0.15) is 0 Å². The Morgan fingerprint density at radius 3 is 2.25 bits per heavy atom. The fraction of sp³-hybridized carbons (Fsp3) is 1.00. The van der Waals surface area contributed by atoms with Gasteiger partial charge in [-0.25, -0.2) is 0 Å². The van der Waals surface area contributed by atoms with Crippen molar-refractivity contribution in [2.24, 2.45) is 11.3 Å². The van der Waals surface area contributed by atoms with Crippen LogP contribution in [0.2, 0.25) is 0 Å². The third-order valence-electron chi connectivity index (χ3n) is 4.77. The van der Waals surface area contributed by atoms with Gasteiger partial charge < -0.3 is 5.32 Å². The summed E-state index contributed by atoms with van der Waals surface area (Å²) in [6, 6.07) is 0.753. The van der Waals surface area contributed by atoms with Gasteiger partial charge >= 0.3 is 0 Å². The van der Waals surface area contributed by atoms with Gasteiger partial charge in [0.2, 0.25) is 0 Å². The van der Waals surface area contributed by atoms with Gasteiger partial charge in [-0.1, -0.05) is 32.6 Å². The molecule has 2 fully saturated rings. The molecule has 0 aromatic carbocycles. The van der Waals surface area contributed by atoms with Crippen LogP contribution in [0.5, 0.6) is 0 Å². The van der Waals surface area contributed by atoms with Gasteiger partial charge in [-0.3, -0.25) is 0 Å². The molecule has 96 valence electrons. The summed E-state index contributed by atoms with van der Waals surface area (Å²) in [6.07, 6.45) is 11.7. The van der Waals surface area contributed by atoms with Gasteiger partial charge in [0.1, 0.15) is 0 Å². The lowest BCUT2D eigenvalue weighted by Crippen LogP contribution is -2.43. The maximum absolute atomic E-state index is 3.79. The molecule has 0 spiro atoms. The lowest BCUT2D eigenvalue weighted by atomic mass is 9.70. The van der Waals surface area contributed by atoms with Gasteiger partial charge in [0.25, 0.3) is 0 Å². The summed E-state index contributed by atoms with van der Waals surface area (Å²) in [7, 11) is 0. The predicted molar refractivity (Wildman–Crippen MR) is 73.2 cm³/mol. The Hall–Kier alpha value is 0.250. The van der Waals surface area contributed by atoms with Gasteiger partial charge in [0.05, 0.1) is 0 Å². The molecule has 1 nitrogen and oxygen atoms in total. The van der Waals surface area contributed by atoms with Crippen LogP contribution in [0.15, 0.2) is 0 Å². The number of nitrogens with one attached hydrogen (secondary N) is 1. The smallest absolute Gasteiger partial charge is 0.00672 e. The second-order valence-electron chi connectivity index (χ2n) is 6.23. The van der Waals surface area contributed by atoms with E-state index in [1.165, 1.54) is 57.9 Å². The standard InChI is InChI=1S/C14H27N.ClH/c1-12(13-7-4-3-5-8-13)15-11-14(2)9-6-10-14;/h12-13,15H,3-11H2,1-2H3;1H. The van der Waals surface area contributed by atoms with Gasteiger partial charge in [-0.05, 0) is 43.9 Å². The van der Waals surface area contributed by atoms with Crippen molar-refractivity contribution < 1.29 is 0 Å². The highest BCUT2D eigenvalue weighted by Crippen LogP contribution is 2.39. The van der Waals surface area contributed by atoms with E-state index in [1.54, 1.807) is 0 Å². The molecule has 0 bridgehead atoms. The van der Waals surface area contributed by atoms with Gasteiger partial charge in [0.15, 0.2) is 0 Å². The van der Waals surface area contributed by atoms with E-state index in [4.69, 9.17) is 0 Å². The first kappa shape index (κ1) is 14.3. The highest BCUT2D eigenvalue weighted by Gasteiger charge is 2.32. The van der Waals surface area contributed by atoms with Crippen LogP contribution in [-0.4, -0.2) is 12.6 Å². The van der Waals surface area contributed by atoms with Crippen LogP contribution >= 0.6 is 12.4 Å². The molecule has 0 heterocycles. The molecular formula is C14H28ClN. The first-order valence-electron chi connectivity index (χ1n) is 6.93. The zero-order chi connectivity index (χ0) is 10.7. The molecule has 1 unspecified atom stereocenters. The fourth-order valence-corrected chi connectivity index (χ4v) is 3.17. The van der Waals surface area contributed by atoms with Gasteiger partial charge in [-0.15, -0.1) is 12.4 Å². The van der Waals surface area contributed by atoms with Crippen molar-refractivity contribution in [2.45, 2.75) is 71.3 Å². The van der Waals surface area contributed by atoms with Crippen molar-refractivity contribution in [1.29, 1.82) is 0 Å². The fourth-order valence-electron chi connectivity index (χ4n) is 3.17. The maximum Gasteiger partial charge on any atom is 0.00672 e. The van der Waals surface area contributed by atoms with E-state index in [1.807, 2.05) is 0 Å². The summed E-state index contributed by atoms with van der Waals surface area (Å²) >= 11 is 0. The molecule has 0 saturated heterocycles. The molecule has 0 radical (unpaired) electrons. The Balaban J connectivity index is 0.00000128. The lowest BCUT2D eigenvalue weighted by Gasteiger charge is -2.40. The summed E-state index contributed by atoms with van der Waals surface area (Å²) < 4.78 is 0. The van der Waals surface area contributed by atoms with Crippen LogP contribution in [0.25, 0.3) is 0 Å². The summed E-state index contributed by atoms with van der Waals surface area (Å²) in [5.41, 5.74) is 0.642. The van der Waals surface area contributed by atoms with Crippen LogP contribution in [0, 0.1) is 11.3 Å². The van der Waals surface area contributed by atoms with Crippen molar-refractivity contribution in [2.75, 3.05) is 6.54 Å². The van der Waals surface area contributed by atoms with E-state index in [-0.39, 0.29) is 12.4 Å². The van der Waals surface area contributed by atoms with E-state index in [0.29, 0.717) is 5.41 Å². The van der Waals surface area contributed by atoms with E-state index in [9.17, 15) is 0 Å². The van der Waals surface area contributed by atoms with Gasteiger partial charge in [0, 0.05) is 12.6 Å². The average Bonchev–Trinajstić information content (AvgIpc) is 2.24. The number of hydrogen-bond donors (Lipinski definition) is 1. The third kappa shape index (κ3) is 3.63. The molecular weight excluding hydrogens is 218 g/mol. The van der Waals surface area contributed by atoms with E-state index in [2.05, 4.69) is 19.2 Å². The minimum absolute atomic E-state index is 0. The first-order chi connectivity index (χ1) is 7.20. The van der Waals surface area contributed by atoms with Crippen molar-refractivity contribution in [3.05, 3.63) is 0 Å². The second-order valence-corrected chi connectivity index (χ2v) is 6.23. The van der Waals surface area contributed by atoms with Crippen LogP contribution in [-0.2, 0) is 0 Å². The van der Waals surface area contributed by atoms with E-state index >= 15 is 0 Å². The normalized spacial score (nSPS) is 26.6. The molecule has 0 aromatic rings. The van der Waals surface area contributed by atoms with Crippen LogP contribution < -0.4 is 5.32 Å². The largest absolute Gasteiger partial charge is 0.313 e. The molecule has 0 amide bonds. The Morgan fingerprint density at radius 2 is 1.75 bits per heavy atom. The quantitative estimate of drug-likeness (QED) is 0.785. The molecule has 16 heavy (non-hydrogen) atoms. The molecule has 2 aliphatic carbocycles. The van der Waals surface area contributed by atoms with Crippen molar-refractivity contribution >= 4 is 12.4 Å². The van der Waals surface area contributed by atoms with Crippen molar-refractivity contribution in [3.63, 3.8) is 0 Å². The number of hydrogen-bond acceptors (Lipinski definition) is 1. The molecule has 0 aliphatic heterocycles. The average molecular weight is 246 g/mol. The highest BCUT2D eigenvalue weighted by molar-refractivity contribution is 5.85. The van der Waals surface area contributed by atoms with Crippen LogP contribution in [0.1, 0.15) is 65.2 Å². The van der Waals surface area contributed by atoms with Crippen LogP contribution in [0.4, 0.5) is 0 Å². The Kier molecular flexibility index (Phi) is 5.60. The molecule has 2 heteroatoms. The summed E-state index contributed by atoms with van der Waals surface area (Å²) in [4.78, 5) is 0. The number of halogens is 1. The molecule has 2 aliphatic rings. The minimum Gasteiger partial charge on any atom is -0.313 e. The van der Waals surface area contributed by atoms with Crippen molar-refractivity contribution in [1.82, 2.24) is 5.32 Å². The Bertz CT molecular complexity index is 195. The Morgan fingerprint density at radius 1 is 1.12 bits per heavy atom. The van der Waals surface area contributed by atoms with Crippen molar-refractivity contribution in [3.8, 4) is 0 Å². The molecule has 1 atom stereocenters. The SMILES string of the molecule is CC(NCC1(C)CCC1)C1CCCCC1.Cl. The summed E-state index contributed by atoms with van der Waals surface area (Å²) in [5, 5.41) is 3.79. The zero-order valence-corrected chi connectivity index (χ0v) is 11.7. The second kappa shape index (κ2) is 6.26. The summed E-state index contributed by atoms with van der Waals surface area (Å²) in [6.45, 7) is 6.10. The van der Waals surface area contributed by atoms with E-state index < -0.39 is 0 Å². The monoisotopic (exact) mass is 245 g/mol. The maximum atomic E-state index is 3.79. The zero-order valence-electron chi connectivity index (χ0n) is 10.9. The topological polar surface area (TPSA) is 12.0 Å². The highest BCUT2D eigenvalue weighted by atomic mass is 35.5. The molecule has 2 saturated carbocycles. The minimum atomic E-state index is 0. The lowest BCUT2D eigenvalue weighted by molar-refractivity contribution is 0.141. The summed E-state index contributed by atoms with van der Waals surface area (Å²) in [5.74, 6) is 0.961. The van der Waals surface area contributed by atoms with E-state index in [0.717, 1.165) is 12.0 Å². The molecule has 0 aromatic heterocycles. The predicted octanol–water partition coefficient (Wildman–Crippen LogP) is 4.16. The molecule has 1 N–H and O–H groups in total. The first-order valence-corrected chi connectivity index (χ1v) is 6.93. The van der Waals surface area contributed by atoms with Crippen LogP contribution in [0.3, 0.4) is 0 Å². The number of rotatable bonds is 4. The third-order valence-corrected chi connectivity index (χ3v) is 4.77. The molecule has 2 rings (SSSR count). The Labute approximate surface area is 107 Å².